The van der Waals surface area contributed by atoms with Crippen LogP contribution in [0.15, 0.2) is 12.3 Å². The van der Waals surface area contributed by atoms with Crippen LogP contribution in [0.25, 0.3) is 0 Å². The summed E-state index contributed by atoms with van der Waals surface area (Å²) < 4.78 is 19.3. The van der Waals surface area contributed by atoms with Gasteiger partial charge in [0.2, 0.25) is 0 Å². The highest BCUT2D eigenvalue weighted by Gasteiger charge is 2.21. The van der Waals surface area contributed by atoms with Gasteiger partial charge >= 0.3 is 0 Å². The van der Waals surface area contributed by atoms with Crippen LogP contribution in [-0.4, -0.2) is 17.6 Å². The van der Waals surface area contributed by atoms with Crippen molar-refractivity contribution in [1.82, 2.24) is 10.3 Å². The summed E-state index contributed by atoms with van der Waals surface area (Å²) in [4.78, 5) is 3.93. The fourth-order valence-corrected chi connectivity index (χ4v) is 1.49. The van der Waals surface area contributed by atoms with Crippen molar-refractivity contribution >= 4 is 0 Å². The molecule has 17 heavy (non-hydrogen) atoms. The first-order chi connectivity index (χ1) is 8.16. The summed E-state index contributed by atoms with van der Waals surface area (Å²) in [5.74, 6) is 0.152. The lowest BCUT2D eigenvalue weighted by atomic mass is 10.2. The minimum atomic E-state index is -0.332. The monoisotopic (exact) mass is 238 g/mol. The van der Waals surface area contributed by atoms with E-state index in [1.807, 2.05) is 13.8 Å². The van der Waals surface area contributed by atoms with Crippen LogP contribution in [0.3, 0.4) is 0 Å². The van der Waals surface area contributed by atoms with E-state index in [2.05, 4.69) is 10.3 Å². The molecule has 1 heterocycles. The molecule has 1 aromatic rings. The molecule has 1 aliphatic carbocycles. The van der Waals surface area contributed by atoms with Gasteiger partial charge < -0.3 is 10.1 Å². The molecule has 1 saturated carbocycles. The second-order valence-corrected chi connectivity index (χ2v) is 4.95. The number of rotatable bonds is 6. The van der Waals surface area contributed by atoms with Crippen LogP contribution in [0.4, 0.5) is 4.39 Å². The second kappa shape index (κ2) is 5.45. The number of hydrogen-bond acceptors (Lipinski definition) is 3. The molecule has 1 fully saturated rings. The summed E-state index contributed by atoms with van der Waals surface area (Å²) in [7, 11) is 0. The molecular formula is C13H19FN2O. The Labute approximate surface area is 101 Å². The fourth-order valence-electron chi connectivity index (χ4n) is 1.49. The van der Waals surface area contributed by atoms with E-state index in [4.69, 9.17) is 4.74 Å². The molecule has 0 aromatic carbocycles. The summed E-state index contributed by atoms with van der Waals surface area (Å²) in [5, 5.41) is 3.28. The fraction of sp³-hybridized carbons (Fsp3) is 0.615. The number of halogens is 1. The zero-order valence-electron chi connectivity index (χ0n) is 10.4. The first-order valence-electron chi connectivity index (χ1n) is 6.16. The van der Waals surface area contributed by atoms with Crippen molar-refractivity contribution in [3.63, 3.8) is 0 Å². The Morgan fingerprint density at radius 2 is 2.29 bits per heavy atom. The van der Waals surface area contributed by atoms with Gasteiger partial charge in [0.05, 0.1) is 6.61 Å². The lowest BCUT2D eigenvalue weighted by Gasteiger charge is -2.11. The molecule has 4 heteroatoms. The molecular weight excluding hydrogens is 219 g/mol. The summed E-state index contributed by atoms with van der Waals surface area (Å²) in [6.45, 7) is 5.09. The van der Waals surface area contributed by atoms with E-state index in [1.54, 1.807) is 12.3 Å². The van der Waals surface area contributed by atoms with Gasteiger partial charge in [0.15, 0.2) is 5.82 Å². The van der Waals surface area contributed by atoms with Gasteiger partial charge in [-0.05, 0) is 24.8 Å². The summed E-state index contributed by atoms with van der Waals surface area (Å²) >= 11 is 0. The van der Waals surface area contributed by atoms with Gasteiger partial charge in [-0.2, -0.15) is 0 Å². The van der Waals surface area contributed by atoms with E-state index in [1.165, 1.54) is 12.8 Å². The maximum Gasteiger partial charge on any atom is 0.250 e. The lowest BCUT2D eigenvalue weighted by Crippen LogP contribution is -2.17. The highest BCUT2D eigenvalue weighted by Crippen LogP contribution is 2.22. The number of nitrogens with zero attached hydrogens (tertiary/aromatic N) is 1. The molecule has 0 amide bonds. The third-order valence-corrected chi connectivity index (χ3v) is 2.65. The molecule has 0 atom stereocenters. The maximum absolute atomic E-state index is 14.0. The highest BCUT2D eigenvalue weighted by atomic mass is 19.1. The SMILES string of the molecule is CC(C)COc1nccc(CNC2CC2)c1F. The second-order valence-electron chi connectivity index (χ2n) is 4.95. The maximum atomic E-state index is 14.0. The minimum Gasteiger partial charge on any atom is -0.475 e. The Kier molecular flexibility index (Phi) is 3.94. The average molecular weight is 238 g/mol. The van der Waals surface area contributed by atoms with E-state index in [0.717, 1.165) is 0 Å². The van der Waals surface area contributed by atoms with Gasteiger partial charge in [-0.3, -0.25) is 0 Å². The first-order valence-corrected chi connectivity index (χ1v) is 6.16. The number of nitrogens with one attached hydrogen (secondary N) is 1. The predicted octanol–water partition coefficient (Wildman–Crippen LogP) is 2.51. The Balaban J connectivity index is 1.97. The molecule has 0 spiro atoms. The van der Waals surface area contributed by atoms with Crippen LogP contribution in [0.2, 0.25) is 0 Å². The van der Waals surface area contributed by atoms with Crippen molar-refractivity contribution in [2.45, 2.75) is 39.3 Å². The summed E-state index contributed by atoms with van der Waals surface area (Å²) in [6.07, 6.45) is 4.00. The molecule has 2 rings (SSSR count). The van der Waals surface area contributed by atoms with E-state index < -0.39 is 0 Å². The predicted molar refractivity (Wildman–Crippen MR) is 64.4 cm³/mol. The van der Waals surface area contributed by atoms with E-state index in [9.17, 15) is 4.39 Å². The smallest absolute Gasteiger partial charge is 0.250 e. The van der Waals surface area contributed by atoms with Crippen molar-refractivity contribution in [3.05, 3.63) is 23.6 Å². The molecule has 0 radical (unpaired) electrons. The first kappa shape index (κ1) is 12.3. The molecule has 1 N–H and O–H groups in total. The summed E-state index contributed by atoms with van der Waals surface area (Å²) in [6, 6.07) is 2.27. The van der Waals surface area contributed by atoms with E-state index >= 15 is 0 Å². The summed E-state index contributed by atoms with van der Waals surface area (Å²) in [5.41, 5.74) is 0.630. The highest BCUT2D eigenvalue weighted by molar-refractivity contribution is 5.23. The third-order valence-electron chi connectivity index (χ3n) is 2.65. The van der Waals surface area contributed by atoms with Crippen molar-refractivity contribution in [3.8, 4) is 5.88 Å². The van der Waals surface area contributed by atoms with Crippen LogP contribution in [0.5, 0.6) is 5.88 Å². The third kappa shape index (κ3) is 3.66. The number of hydrogen-bond donors (Lipinski definition) is 1. The van der Waals surface area contributed by atoms with Crippen LogP contribution in [-0.2, 0) is 6.54 Å². The Morgan fingerprint density at radius 1 is 1.53 bits per heavy atom. The standard InChI is InChI=1S/C13H19FN2O/c1-9(2)8-17-13-12(14)10(5-6-15-13)7-16-11-3-4-11/h5-6,9,11,16H,3-4,7-8H2,1-2H3. The molecule has 0 aliphatic heterocycles. The van der Waals surface area contributed by atoms with Gasteiger partial charge in [-0.25, -0.2) is 9.37 Å². The van der Waals surface area contributed by atoms with Crippen LogP contribution >= 0.6 is 0 Å². The van der Waals surface area contributed by atoms with Gasteiger partial charge in [0.1, 0.15) is 0 Å². The van der Waals surface area contributed by atoms with Gasteiger partial charge in [0, 0.05) is 24.3 Å². The molecule has 94 valence electrons. The molecule has 3 nitrogen and oxygen atoms in total. The lowest BCUT2D eigenvalue weighted by molar-refractivity contribution is 0.248. The quantitative estimate of drug-likeness (QED) is 0.827. The van der Waals surface area contributed by atoms with Crippen LogP contribution in [0.1, 0.15) is 32.3 Å². The number of pyridine rings is 1. The zero-order valence-corrected chi connectivity index (χ0v) is 10.4. The van der Waals surface area contributed by atoms with Gasteiger partial charge in [-0.1, -0.05) is 13.8 Å². The topological polar surface area (TPSA) is 34.1 Å². The van der Waals surface area contributed by atoms with Crippen LogP contribution in [0, 0.1) is 11.7 Å². The molecule has 0 unspecified atom stereocenters. The van der Waals surface area contributed by atoms with Crippen molar-refractivity contribution < 1.29 is 9.13 Å². The molecule has 1 aromatic heterocycles. The number of aromatic nitrogens is 1. The van der Waals surface area contributed by atoms with E-state index in [0.29, 0.717) is 30.7 Å². The molecule has 1 aliphatic rings. The zero-order chi connectivity index (χ0) is 12.3. The minimum absolute atomic E-state index is 0.119. The Morgan fingerprint density at radius 3 is 2.94 bits per heavy atom. The van der Waals surface area contributed by atoms with Gasteiger partial charge in [0.25, 0.3) is 5.88 Å². The van der Waals surface area contributed by atoms with Crippen molar-refractivity contribution in [2.75, 3.05) is 6.61 Å². The van der Waals surface area contributed by atoms with E-state index in [-0.39, 0.29) is 11.7 Å². The average Bonchev–Trinajstić information content (AvgIpc) is 3.10. The number of ether oxygens (including phenoxy) is 1. The van der Waals surface area contributed by atoms with Crippen molar-refractivity contribution in [1.29, 1.82) is 0 Å². The van der Waals surface area contributed by atoms with Crippen LogP contribution < -0.4 is 10.1 Å². The molecule has 0 bridgehead atoms. The Hall–Kier alpha value is -1.16. The van der Waals surface area contributed by atoms with Crippen molar-refractivity contribution in [2.24, 2.45) is 5.92 Å². The van der Waals surface area contributed by atoms with Gasteiger partial charge in [-0.15, -0.1) is 0 Å². The molecule has 0 saturated heterocycles. The Bertz CT molecular complexity index is 353. The normalized spacial score (nSPS) is 15.3. The largest absolute Gasteiger partial charge is 0.475 e.